The van der Waals surface area contributed by atoms with Gasteiger partial charge in [-0.25, -0.2) is 0 Å². The number of rotatable bonds is 7. The molecular weight excluding hydrogens is 598 g/mol. The molecule has 0 aliphatic heterocycles. The van der Waals surface area contributed by atoms with E-state index in [4.69, 9.17) is 5.73 Å². The van der Waals surface area contributed by atoms with Gasteiger partial charge in [0.05, 0.1) is 22.0 Å². The van der Waals surface area contributed by atoms with Crippen molar-refractivity contribution >= 4 is 69.6 Å². The highest BCUT2D eigenvalue weighted by Gasteiger charge is 2.24. The number of azo groups is 2. The quantitative estimate of drug-likeness (QED) is 0.113. The lowest BCUT2D eigenvalue weighted by Gasteiger charge is -2.10. The average Bonchev–Trinajstić information content (AvgIpc) is 2.84. The van der Waals surface area contributed by atoms with E-state index in [2.05, 4.69) is 20.5 Å². The third-order valence-electron chi connectivity index (χ3n) is 5.76. The van der Waals surface area contributed by atoms with Gasteiger partial charge >= 0.3 is 0 Å². The van der Waals surface area contributed by atoms with E-state index in [9.17, 15) is 38.9 Å². The van der Waals surface area contributed by atoms with Crippen molar-refractivity contribution in [2.24, 2.45) is 20.5 Å². The first-order valence-electron chi connectivity index (χ1n) is 11.3. The summed E-state index contributed by atoms with van der Waals surface area (Å²) in [5, 5.41) is 15.5. The van der Waals surface area contributed by atoms with E-state index in [1.165, 1.54) is 6.07 Å². The van der Waals surface area contributed by atoms with Crippen molar-refractivity contribution in [3.8, 4) is 0 Å². The molecule has 4 aromatic carbocycles. The van der Waals surface area contributed by atoms with Gasteiger partial charge in [-0.05, 0) is 91.0 Å². The van der Waals surface area contributed by atoms with Gasteiger partial charge in [-0.15, -0.1) is 5.11 Å². The van der Waals surface area contributed by atoms with Crippen molar-refractivity contribution in [2.75, 3.05) is 5.73 Å². The predicted molar refractivity (Wildman–Crippen MR) is 149 cm³/mol. The molecule has 214 valence electrons. The summed E-state index contributed by atoms with van der Waals surface area (Å²) < 4.78 is 100. The Labute approximate surface area is 234 Å². The molecule has 0 heterocycles. The van der Waals surface area contributed by atoms with Gasteiger partial charge in [-0.1, -0.05) is 0 Å². The number of nitrogens with two attached hydrogens (primary N) is 1. The first-order valence-corrected chi connectivity index (χ1v) is 15.6. The minimum Gasteiger partial charge on any atom is -0.399 e. The van der Waals surface area contributed by atoms with Crippen LogP contribution in [-0.2, 0) is 30.4 Å². The topological polar surface area (TPSA) is 239 Å². The maximum atomic E-state index is 12.1. The second-order valence-corrected chi connectivity index (χ2v) is 13.0. The Balaban J connectivity index is 1.80. The number of benzene rings is 4. The standard InChI is InChI=1S/C24H21N5O9S3/c1-13-7-16(25)3-5-20(13)27-26-17-4-6-21(14(2)8-17)28-29-22-12-19-15(10-24(22)41(36,37)38)9-18(39(30,31)32)11-23(19)40(33,34)35/h3-12H,25H2,1-2H3,(H,30,31,32)(H,33,34,35)(H,36,37,38). The number of hydrogen-bond donors (Lipinski definition) is 4. The molecule has 0 atom stereocenters. The van der Waals surface area contributed by atoms with Crippen LogP contribution >= 0.6 is 0 Å². The summed E-state index contributed by atoms with van der Waals surface area (Å²) in [5.41, 5.74) is 8.52. The molecule has 0 aromatic heterocycles. The van der Waals surface area contributed by atoms with E-state index in [0.717, 1.165) is 23.8 Å². The number of fused-ring (bicyclic) bond motifs is 1. The normalized spacial score (nSPS) is 13.0. The summed E-state index contributed by atoms with van der Waals surface area (Å²) in [4.78, 5) is -2.74. The Morgan fingerprint density at radius 1 is 0.585 bits per heavy atom. The minimum absolute atomic E-state index is 0.255. The molecule has 0 spiro atoms. The zero-order chi connectivity index (χ0) is 30.3. The lowest BCUT2D eigenvalue weighted by atomic mass is 10.1. The van der Waals surface area contributed by atoms with Crippen molar-refractivity contribution in [1.29, 1.82) is 0 Å². The summed E-state index contributed by atoms with van der Waals surface area (Å²) in [7, 11) is -15.0. The lowest BCUT2D eigenvalue weighted by Crippen LogP contribution is -2.05. The van der Waals surface area contributed by atoms with Crippen LogP contribution in [0.2, 0.25) is 0 Å². The van der Waals surface area contributed by atoms with Gasteiger partial charge in [0.1, 0.15) is 15.5 Å². The molecule has 17 heteroatoms. The molecular formula is C24H21N5O9S3. The van der Waals surface area contributed by atoms with Crippen molar-refractivity contribution in [3.05, 3.63) is 71.8 Å². The summed E-state index contributed by atoms with van der Waals surface area (Å²) in [5.74, 6) is 0. The van der Waals surface area contributed by atoms with Crippen molar-refractivity contribution in [3.63, 3.8) is 0 Å². The van der Waals surface area contributed by atoms with Crippen molar-refractivity contribution in [1.82, 2.24) is 0 Å². The molecule has 41 heavy (non-hydrogen) atoms. The fourth-order valence-corrected chi connectivity index (χ4v) is 5.78. The molecule has 0 fully saturated rings. The van der Waals surface area contributed by atoms with Crippen LogP contribution in [0.25, 0.3) is 10.8 Å². The van der Waals surface area contributed by atoms with Crippen LogP contribution < -0.4 is 5.73 Å². The van der Waals surface area contributed by atoms with Gasteiger partial charge in [-0.2, -0.15) is 40.6 Å². The molecule has 0 radical (unpaired) electrons. The third-order valence-corrected chi connectivity index (χ3v) is 8.37. The second kappa shape index (κ2) is 10.7. The fourth-order valence-electron chi connectivity index (χ4n) is 3.79. The molecule has 0 unspecified atom stereocenters. The smallest absolute Gasteiger partial charge is 0.296 e. The molecule has 0 amide bonds. The van der Waals surface area contributed by atoms with Gasteiger partial charge in [0, 0.05) is 11.1 Å². The highest BCUT2D eigenvalue weighted by atomic mass is 32.2. The number of aryl methyl sites for hydroxylation is 2. The molecule has 14 nitrogen and oxygen atoms in total. The van der Waals surface area contributed by atoms with E-state index in [1.54, 1.807) is 37.3 Å². The largest absolute Gasteiger partial charge is 0.399 e. The van der Waals surface area contributed by atoms with Crippen molar-refractivity contribution in [2.45, 2.75) is 28.5 Å². The average molecular weight is 620 g/mol. The first-order chi connectivity index (χ1) is 18.9. The van der Waals surface area contributed by atoms with E-state index in [1.807, 2.05) is 6.92 Å². The summed E-state index contributed by atoms with van der Waals surface area (Å²) in [6.45, 7) is 3.50. The van der Waals surface area contributed by atoms with Crippen LogP contribution in [0.3, 0.4) is 0 Å². The van der Waals surface area contributed by atoms with Gasteiger partial charge in [-0.3, -0.25) is 13.7 Å². The Morgan fingerprint density at radius 2 is 1.15 bits per heavy atom. The van der Waals surface area contributed by atoms with Crippen LogP contribution in [0, 0.1) is 13.8 Å². The molecule has 4 aromatic rings. The zero-order valence-corrected chi connectivity index (χ0v) is 23.6. The molecule has 4 rings (SSSR count). The Hall–Kier alpha value is -4.13. The third kappa shape index (κ3) is 6.79. The molecule has 0 bridgehead atoms. The Bertz CT molecular complexity index is 2110. The predicted octanol–water partition coefficient (Wildman–Crippen LogP) is 5.61. The van der Waals surface area contributed by atoms with Gasteiger partial charge in [0.15, 0.2) is 0 Å². The van der Waals surface area contributed by atoms with Crippen LogP contribution in [0.5, 0.6) is 0 Å². The second-order valence-electron chi connectivity index (χ2n) is 8.80. The Morgan fingerprint density at radius 3 is 1.71 bits per heavy atom. The summed E-state index contributed by atoms with van der Waals surface area (Å²) in [6.07, 6.45) is 0. The van der Waals surface area contributed by atoms with E-state index >= 15 is 0 Å². The maximum absolute atomic E-state index is 12.1. The van der Waals surface area contributed by atoms with Gasteiger partial charge in [0.25, 0.3) is 30.4 Å². The summed E-state index contributed by atoms with van der Waals surface area (Å²) in [6, 6.07) is 12.7. The molecule has 0 aliphatic carbocycles. The van der Waals surface area contributed by atoms with Crippen LogP contribution in [0.4, 0.5) is 28.4 Å². The number of nitrogen functional groups attached to an aromatic ring is 1. The highest BCUT2D eigenvalue weighted by molar-refractivity contribution is 7.87. The van der Waals surface area contributed by atoms with Crippen molar-refractivity contribution < 1.29 is 38.9 Å². The van der Waals surface area contributed by atoms with Gasteiger partial charge < -0.3 is 5.73 Å². The number of hydrogen-bond acceptors (Lipinski definition) is 11. The number of anilines is 1. The van der Waals surface area contributed by atoms with Crippen LogP contribution in [-0.4, -0.2) is 38.9 Å². The van der Waals surface area contributed by atoms with E-state index in [0.29, 0.717) is 28.7 Å². The zero-order valence-electron chi connectivity index (χ0n) is 21.2. The number of nitrogens with zero attached hydrogens (tertiary/aromatic N) is 4. The molecule has 0 saturated carbocycles. The van der Waals surface area contributed by atoms with Crippen LogP contribution in [0.15, 0.2) is 95.8 Å². The van der Waals surface area contributed by atoms with Crippen LogP contribution in [0.1, 0.15) is 11.1 Å². The SMILES string of the molecule is Cc1cc(N)ccc1N=Nc1ccc(N=Nc2cc3c(S(=O)(=O)O)cc(S(=O)(=O)O)cc3cc2S(=O)(=O)O)c(C)c1. The lowest BCUT2D eigenvalue weighted by molar-refractivity contribution is 0.480. The monoisotopic (exact) mass is 619 g/mol. The first kappa shape index (κ1) is 29.8. The fraction of sp³-hybridized carbons (Fsp3) is 0.0833. The minimum atomic E-state index is -5.07. The Kier molecular flexibility index (Phi) is 7.78. The highest BCUT2D eigenvalue weighted by Crippen LogP contribution is 2.36. The van der Waals surface area contributed by atoms with E-state index < -0.39 is 50.7 Å². The molecule has 0 aliphatic rings. The molecule has 0 saturated heterocycles. The molecule has 5 N–H and O–H groups in total. The summed E-state index contributed by atoms with van der Waals surface area (Å²) >= 11 is 0. The van der Waals surface area contributed by atoms with E-state index in [-0.39, 0.29) is 16.5 Å². The van der Waals surface area contributed by atoms with Gasteiger partial charge in [0.2, 0.25) is 0 Å². The maximum Gasteiger partial charge on any atom is 0.296 e.